The van der Waals surface area contributed by atoms with Crippen LogP contribution in [0.25, 0.3) is 0 Å². The molecule has 0 aliphatic heterocycles. The number of methoxy groups -OCH3 is 1. The molecule has 2 rings (SSSR count). The minimum absolute atomic E-state index is 0.0412. The highest BCUT2D eigenvalue weighted by atomic mass is 32.2. The maximum Gasteiger partial charge on any atom is 0.406 e. The smallest absolute Gasteiger partial charge is 0.406 e. The predicted octanol–water partition coefficient (Wildman–Crippen LogP) is 4.29. The molecule has 0 heterocycles. The summed E-state index contributed by atoms with van der Waals surface area (Å²) in [5.41, 5.74) is -0.287. The first-order valence-electron chi connectivity index (χ1n) is 8.03. The minimum atomic E-state index is -4.62. The third kappa shape index (κ3) is 6.45. The summed E-state index contributed by atoms with van der Waals surface area (Å²) in [6.45, 7) is -1.99. The standard InChI is InChI=1S/C18H17F3N2O4S/c1-27-14-6-8-15(9-7-14)28-11-17(24)22(12-18(19,20)21)10-13-4-2-3-5-16(13)23(25)26/h2-9H,10-12H2,1H3. The lowest BCUT2D eigenvalue weighted by molar-refractivity contribution is -0.385. The normalized spacial score (nSPS) is 11.1. The number of nitro groups is 1. The quantitative estimate of drug-likeness (QED) is 0.366. The zero-order chi connectivity index (χ0) is 20.7. The zero-order valence-electron chi connectivity index (χ0n) is 14.8. The van der Waals surface area contributed by atoms with Gasteiger partial charge in [-0.3, -0.25) is 14.9 Å². The summed E-state index contributed by atoms with van der Waals surface area (Å²) < 4.78 is 43.8. The van der Waals surface area contributed by atoms with Gasteiger partial charge in [-0.2, -0.15) is 13.2 Å². The number of para-hydroxylation sites is 1. The van der Waals surface area contributed by atoms with Gasteiger partial charge in [-0.1, -0.05) is 18.2 Å². The number of ether oxygens (including phenoxy) is 1. The van der Waals surface area contributed by atoms with Gasteiger partial charge in [0, 0.05) is 16.5 Å². The Morgan fingerprint density at radius 2 is 1.82 bits per heavy atom. The largest absolute Gasteiger partial charge is 0.497 e. The molecule has 0 atom stereocenters. The van der Waals surface area contributed by atoms with Crippen molar-refractivity contribution in [3.63, 3.8) is 0 Å². The van der Waals surface area contributed by atoms with Crippen molar-refractivity contribution >= 4 is 23.4 Å². The van der Waals surface area contributed by atoms with Crippen molar-refractivity contribution in [2.45, 2.75) is 17.6 Å². The van der Waals surface area contributed by atoms with Crippen molar-refractivity contribution < 1.29 is 27.6 Å². The van der Waals surface area contributed by atoms with Crippen LogP contribution in [0.1, 0.15) is 5.56 Å². The number of nitro benzene ring substituents is 1. The highest BCUT2D eigenvalue weighted by Gasteiger charge is 2.33. The summed E-state index contributed by atoms with van der Waals surface area (Å²) in [6.07, 6.45) is -4.62. The van der Waals surface area contributed by atoms with Crippen LogP contribution in [0.5, 0.6) is 5.75 Å². The average molecular weight is 414 g/mol. The van der Waals surface area contributed by atoms with Crippen LogP contribution in [0.3, 0.4) is 0 Å². The van der Waals surface area contributed by atoms with Crippen LogP contribution < -0.4 is 4.74 Å². The number of thioether (sulfide) groups is 1. The van der Waals surface area contributed by atoms with Crippen molar-refractivity contribution in [2.75, 3.05) is 19.4 Å². The van der Waals surface area contributed by atoms with Crippen LogP contribution >= 0.6 is 11.8 Å². The van der Waals surface area contributed by atoms with Crippen LogP contribution in [0.15, 0.2) is 53.4 Å². The average Bonchev–Trinajstić information content (AvgIpc) is 2.65. The van der Waals surface area contributed by atoms with Crippen molar-refractivity contribution in [3.8, 4) is 5.75 Å². The van der Waals surface area contributed by atoms with Gasteiger partial charge in [0.15, 0.2) is 0 Å². The summed E-state index contributed by atoms with van der Waals surface area (Å²) in [6, 6.07) is 12.1. The molecule has 0 aliphatic rings. The second kappa shape index (κ2) is 9.45. The number of alkyl halides is 3. The van der Waals surface area contributed by atoms with Crippen molar-refractivity contribution in [1.29, 1.82) is 0 Å². The van der Waals surface area contributed by atoms with E-state index in [4.69, 9.17) is 4.74 Å². The molecule has 0 aromatic heterocycles. The van der Waals surface area contributed by atoms with Crippen molar-refractivity contribution in [1.82, 2.24) is 4.90 Å². The lowest BCUT2D eigenvalue weighted by Crippen LogP contribution is -2.39. The fraction of sp³-hybridized carbons (Fsp3) is 0.278. The monoisotopic (exact) mass is 414 g/mol. The lowest BCUT2D eigenvalue weighted by atomic mass is 10.1. The highest BCUT2D eigenvalue weighted by Crippen LogP contribution is 2.25. The van der Waals surface area contributed by atoms with Gasteiger partial charge in [0.1, 0.15) is 12.3 Å². The molecule has 6 nitrogen and oxygen atoms in total. The van der Waals surface area contributed by atoms with E-state index >= 15 is 0 Å². The van der Waals surface area contributed by atoms with E-state index in [1.807, 2.05) is 0 Å². The number of halogens is 3. The number of amides is 1. The summed E-state index contributed by atoms with van der Waals surface area (Å²) in [7, 11) is 1.50. The Kier molecular flexibility index (Phi) is 7.27. The van der Waals surface area contributed by atoms with Gasteiger partial charge in [-0.05, 0) is 24.3 Å². The Balaban J connectivity index is 2.13. The maximum atomic E-state index is 12.9. The molecule has 0 bridgehead atoms. The van der Waals surface area contributed by atoms with E-state index in [1.165, 1.54) is 31.4 Å². The number of hydrogen-bond acceptors (Lipinski definition) is 5. The minimum Gasteiger partial charge on any atom is -0.497 e. The summed E-state index contributed by atoms with van der Waals surface area (Å²) >= 11 is 1.08. The Morgan fingerprint density at radius 1 is 1.18 bits per heavy atom. The van der Waals surface area contributed by atoms with E-state index in [1.54, 1.807) is 24.3 Å². The fourth-order valence-electron chi connectivity index (χ4n) is 2.39. The van der Waals surface area contributed by atoms with Gasteiger partial charge in [0.05, 0.1) is 24.3 Å². The first kappa shape index (κ1) is 21.5. The molecule has 28 heavy (non-hydrogen) atoms. The predicted molar refractivity (Wildman–Crippen MR) is 98.3 cm³/mol. The number of nitrogens with zero attached hydrogens (tertiary/aromatic N) is 2. The molecule has 150 valence electrons. The van der Waals surface area contributed by atoms with Crippen molar-refractivity contribution in [3.05, 3.63) is 64.2 Å². The first-order chi connectivity index (χ1) is 13.2. The molecule has 0 aliphatic carbocycles. The van der Waals surface area contributed by atoms with Gasteiger partial charge in [-0.25, -0.2) is 0 Å². The third-order valence-corrected chi connectivity index (χ3v) is 4.69. The molecule has 1 amide bonds. The maximum absolute atomic E-state index is 12.9. The third-order valence-electron chi connectivity index (χ3n) is 3.69. The second-order valence-electron chi connectivity index (χ2n) is 5.72. The summed E-state index contributed by atoms with van der Waals surface area (Å²) in [5, 5.41) is 11.1. The molecule has 2 aromatic carbocycles. The van der Waals surface area contributed by atoms with E-state index in [0.29, 0.717) is 15.5 Å². The van der Waals surface area contributed by atoms with E-state index in [2.05, 4.69) is 0 Å². The zero-order valence-corrected chi connectivity index (χ0v) is 15.6. The number of benzene rings is 2. The number of carbonyl (C=O) groups is 1. The van der Waals surface area contributed by atoms with E-state index in [-0.39, 0.29) is 17.0 Å². The van der Waals surface area contributed by atoms with Gasteiger partial charge in [0.2, 0.25) is 5.91 Å². The molecular weight excluding hydrogens is 397 g/mol. The second-order valence-corrected chi connectivity index (χ2v) is 6.76. The van der Waals surface area contributed by atoms with Crippen LogP contribution in [-0.4, -0.2) is 41.3 Å². The van der Waals surface area contributed by atoms with Crippen LogP contribution in [0, 0.1) is 10.1 Å². The molecule has 0 saturated carbocycles. The number of carbonyl (C=O) groups excluding carboxylic acids is 1. The lowest BCUT2D eigenvalue weighted by Gasteiger charge is -2.24. The topological polar surface area (TPSA) is 72.7 Å². The summed E-state index contributed by atoms with van der Waals surface area (Å²) in [4.78, 5) is 24.1. The van der Waals surface area contributed by atoms with Gasteiger partial charge in [-0.15, -0.1) is 11.8 Å². The first-order valence-corrected chi connectivity index (χ1v) is 9.02. The van der Waals surface area contributed by atoms with E-state index < -0.39 is 30.1 Å². The van der Waals surface area contributed by atoms with Crippen LogP contribution in [0.4, 0.5) is 18.9 Å². The molecule has 0 fully saturated rings. The highest BCUT2D eigenvalue weighted by molar-refractivity contribution is 8.00. The molecule has 0 spiro atoms. The van der Waals surface area contributed by atoms with E-state index in [9.17, 15) is 28.1 Å². The Morgan fingerprint density at radius 3 is 2.39 bits per heavy atom. The number of hydrogen-bond donors (Lipinski definition) is 0. The SMILES string of the molecule is COc1ccc(SCC(=O)N(Cc2ccccc2[N+](=O)[O-])CC(F)(F)F)cc1. The molecule has 2 aromatic rings. The van der Waals surface area contributed by atoms with Crippen LogP contribution in [-0.2, 0) is 11.3 Å². The number of rotatable bonds is 8. The molecule has 0 unspecified atom stereocenters. The molecule has 10 heteroatoms. The van der Waals surface area contributed by atoms with Gasteiger partial charge in [0.25, 0.3) is 5.69 Å². The Bertz CT molecular complexity index is 828. The van der Waals surface area contributed by atoms with Crippen LogP contribution in [0.2, 0.25) is 0 Å². The van der Waals surface area contributed by atoms with Gasteiger partial charge < -0.3 is 9.64 Å². The fourth-order valence-corrected chi connectivity index (χ4v) is 3.19. The van der Waals surface area contributed by atoms with E-state index in [0.717, 1.165) is 11.8 Å². The molecule has 0 radical (unpaired) electrons. The van der Waals surface area contributed by atoms with Crippen molar-refractivity contribution in [2.24, 2.45) is 0 Å². The Labute approximate surface area is 163 Å². The Hall–Kier alpha value is -2.75. The molecule has 0 saturated heterocycles. The summed E-state index contributed by atoms with van der Waals surface area (Å²) in [5.74, 6) is -0.384. The molecular formula is C18H17F3N2O4S. The van der Waals surface area contributed by atoms with Gasteiger partial charge >= 0.3 is 6.18 Å². The molecule has 0 N–H and O–H groups in total.